The molecule has 1 atom stereocenters. The molecule has 0 aliphatic carbocycles. The minimum absolute atomic E-state index is 0. The Morgan fingerprint density at radius 3 is 2.43 bits per heavy atom. The maximum atomic E-state index is 12.9. The van der Waals surface area contributed by atoms with Crippen molar-refractivity contribution >= 4 is 18.3 Å². The van der Waals surface area contributed by atoms with E-state index in [1.54, 1.807) is 0 Å². The highest BCUT2D eigenvalue weighted by molar-refractivity contribution is 5.85. The predicted octanol–water partition coefficient (Wildman–Crippen LogP) is 2.27. The SMILES string of the molecule is CC(C)[C@H](N)C(=O)N1CCCN(Cc2ccc(F)cc2)CC1.Cl. The number of halogens is 2. The van der Waals surface area contributed by atoms with E-state index in [1.165, 1.54) is 12.1 Å². The summed E-state index contributed by atoms with van der Waals surface area (Å²) in [5, 5.41) is 0. The first-order chi connectivity index (χ1) is 10.5. The molecule has 2 N–H and O–H groups in total. The van der Waals surface area contributed by atoms with Gasteiger partial charge in [-0.1, -0.05) is 26.0 Å². The van der Waals surface area contributed by atoms with Crippen LogP contribution in [0.4, 0.5) is 4.39 Å². The van der Waals surface area contributed by atoms with Crippen molar-refractivity contribution in [3.05, 3.63) is 35.6 Å². The van der Waals surface area contributed by atoms with Crippen molar-refractivity contribution in [1.82, 2.24) is 9.80 Å². The van der Waals surface area contributed by atoms with Crippen molar-refractivity contribution in [1.29, 1.82) is 0 Å². The smallest absolute Gasteiger partial charge is 0.239 e. The van der Waals surface area contributed by atoms with Crippen molar-refractivity contribution in [2.24, 2.45) is 11.7 Å². The monoisotopic (exact) mass is 343 g/mol. The quantitative estimate of drug-likeness (QED) is 0.912. The standard InChI is InChI=1S/C17H26FN3O.ClH/c1-13(2)16(19)17(22)21-9-3-8-20(10-11-21)12-14-4-6-15(18)7-5-14;/h4-7,13,16H,3,8-12,19H2,1-2H3;1H/t16-;/m0./s1. The van der Waals surface area contributed by atoms with Crippen LogP contribution in [0.25, 0.3) is 0 Å². The summed E-state index contributed by atoms with van der Waals surface area (Å²) >= 11 is 0. The van der Waals surface area contributed by atoms with E-state index < -0.39 is 6.04 Å². The average molecular weight is 344 g/mol. The van der Waals surface area contributed by atoms with E-state index in [2.05, 4.69) is 4.90 Å². The lowest BCUT2D eigenvalue weighted by atomic mass is 10.0. The van der Waals surface area contributed by atoms with Gasteiger partial charge < -0.3 is 10.6 Å². The molecule has 23 heavy (non-hydrogen) atoms. The second kappa shape index (κ2) is 9.21. The van der Waals surface area contributed by atoms with E-state index >= 15 is 0 Å². The second-order valence-corrected chi connectivity index (χ2v) is 6.35. The fraction of sp³-hybridized carbons (Fsp3) is 0.588. The summed E-state index contributed by atoms with van der Waals surface area (Å²) in [5.41, 5.74) is 7.07. The van der Waals surface area contributed by atoms with Gasteiger partial charge in [-0.15, -0.1) is 12.4 Å². The predicted molar refractivity (Wildman–Crippen MR) is 92.9 cm³/mol. The van der Waals surface area contributed by atoms with Crippen LogP contribution in [0.1, 0.15) is 25.8 Å². The molecule has 0 saturated carbocycles. The van der Waals surface area contributed by atoms with Crippen LogP contribution in [0, 0.1) is 11.7 Å². The Morgan fingerprint density at radius 2 is 1.83 bits per heavy atom. The van der Waals surface area contributed by atoms with E-state index in [-0.39, 0.29) is 30.0 Å². The highest BCUT2D eigenvalue weighted by Gasteiger charge is 2.25. The van der Waals surface area contributed by atoms with Gasteiger partial charge in [-0.2, -0.15) is 0 Å². The average Bonchev–Trinajstić information content (AvgIpc) is 2.73. The molecule has 1 aliphatic rings. The molecule has 1 fully saturated rings. The molecule has 2 rings (SSSR count). The Balaban J connectivity index is 0.00000264. The van der Waals surface area contributed by atoms with Crippen LogP contribution in [0.5, 0.6) is 0 Å². The summed E-state index contributed by atoms with van der Waals surface area (Å²) in [6.07, 6.45) is 0.942. The third kappa shape index (κ3) is 5.75. The van der Waals surface area contributed by atoms with E-state index in [0.29, 0.717) is 6.54 Å². The lowest BCUT2D eigenvalue weighted by Crippen LogP contribution is -2.47. The molecule has 0 unspecified atom stereocenters. The van der Waals surface area contributed by atoms with Gasteiger partial charge in [0.15, 0.2) is 0 Å². The molecule has 6 heteroatoms. The molecule has 0 spiro atoms. The summed E-state index contributed by atoms with van der Waals surface area (Å²) in [4.78, 5) is 16.5. The van der Waals surface area contributed by atoms with Crippen molar-refractivity contribution in [2.45, 2.75) is 32.9 Å². The molecule has 0 aromatic heterocycles. The highest BCUT2D eigenvalue weighted by Crippen LogP contribution is 2.12. The fourth-order valence-corrected chi connectivity index (χ4v) is 2.69. The van der Waals surface area contributed by atoms with Gasteiger partial charge in [0.25, 0.3) is 0 Å². The molecule has 0 radical (unpaired) electrons. The van der Waals surface area contributed by atoms with Gasteiger partial charge >= 0.3 is 0 Å². The molecule has 130 valence electrons. The van der Waals surface area contributed by atoms with Crippen LogP contribution in [0.2, 0.25) is 0 Å². The number of carbonyl (C=O) groups excluding carboxylic acids is 1. The van der Waals surface area contributed by atoms with Gasteiger partial charge in [-0.25, -0.2) is 4.39 Å². The first-order valence-electron chi connectivity index (χ1n) is 7.98. The van der Waals surface area contributed by atoms with Crippen LogP contribution in [0.15, 0.2) is 24.3 Å². The Hall–Kier alpha value is -1.17. The largest absolute Gasteiger partial charge is 0.340 e. The first-order valence-corrected chi connectivity index (χ1v) is 7.98. The van der Waals surface area contributed by atoms with E-state index in [4.69, 9.17) is 5.73 Å². The number of hydrogen-bond donors (Lipinski definition) is 1. The lowest BCUT2D eigenvalue weighted by Gasteiger charge is -2.26. The molecule has 1 aromatic rings. The van der Waals surface area contributed by atoms with Crippen molar-refractivity contribution in [3.63, 3.8) is 0 Å². The fourth-order valence-electron chi connectivity index (χ4n) is 2.69. The van der Waals surface area contributed by atoms with E-state index in [0.717, 1.165) is 38.2 Å². The maximum Gasteiger partial charge on any atom is 0.239 e. The maximum absolute atomic E-state index is 12.9. The molecule has 4 nitrogen and oxygen atoms in total. The summed E-state index contributed by atoms with van der Waals surface area (Å²) in [6.45, 7) is 7.98. The minimum atomic E-state index is -0.413. The Kier molecular flexibility index (Phi) is 7.95. The summed E-state index contributed by atoms with van der Waals surface area (Å²) in [6, 6.07) is 6.20. The summed E-state index contributed by atoms with van der Waals surface area (Å²) < 4.78 is 12.9. The van der Waals surface area contributed by atoms with E-state index in [9.17, 15) is 9.18 Å². The number of benzene rings is 1. The van der Waals surface area contributed by atoms with Gasteiger partial charge in [-0.3, -0.25) is 9.69 Å². The van der Waals surface area contributed by atoms with Crippen molar-refractivity contribution in [2.75, 3.05) is 26.2 Å². The van der Waals surface area contributed by atoms with Gasteiger partial charge in [0.05, 0.1) is 6.04 Å². The molecule has 1 heterocycles. The van der Waals surface area contributed by atoms with Crippen molar-refractivity contribution < 1.29 is 9.18 Å². The zero-order chi connectivity index (χ0) is 16.1. The number of amides is 1. The Bertz CT molecular complexity index is 495. The van der Waals surface area contributed by atoms with Crippen LogP contribution >= 0.6 is 12.4 Å². The first kappa shape index (κ1) is 19.9. The van der Waals surface area contributed by atoms with Gasteiger partial charge in [0, 0.05) is 32.7 Å². The molecule has 1 aliphatic heterocycles. The minimum Gasteiger partial charge on any atom is -0.340 e. The number of hydrogen-bond acceptors (Lipinski definition) is 3. The van der Waals surface area contributed by atoms with Crippen LogP contribution in [-0.2, 0) is 11.3 Å². The van der Waals surface area contributed by atoms with E-state index in [1.807, 2.05) is 30.9 Å². The number of nitrogens with zero attached hydrogens (tertiary/aromatic N) is 2. The number of rotatable bonds is 4. The molecule has 1 saturated heterocycles. The van der Waals surface area contributed by atoms with Gasteiger partial charge in [0.2, 0.25) is 5.91 Å². The highest BCUT2D eigenvalue weighted by atomic mass is 35.5. The number of nitrogens with two attached hydrogens (primary N) is 1. The Labute approximate surface area is 144 Å². The van der Waals surface area contributed by atoms with Gasteiger partial charge in [-0.05, 0) is 30.0 Å². The Morgan fingerprint density at radius 1 is 1.17 bits per heavy atom. The van der Waals surface area contributed by atoms with Crippen LogP contribution in [0.3, 0.4) is 0 Å². The van der Waals surface area contributed by atoms with Crippen molar-refractivity contribution in [3.8, 4) is 0 Å². The molecular weight excluding hydrogens is 317 g/mol. The molecular formula is C17H27ClFN3O. The zero-order valence-electron chi connectivity index (χ0n) is 13.9. The third-order valence-electron chi connectivity index (χ3n) is 4.22. The van der Waals surface area contributed by atoms with Gasteiger partial charge in [0.1, 0.15) is 5.82 Å². The summed E-state index contributed by atoms with van der Waals surface area (Å²) in [7, 11) is 0. The zero-order valence-corrected chi connectivity index (χ0v) is 14.7. The second-order valence-electron chi connectivity index (χ2n) is 6.35. The molecule has 1 amide bonds. The summed E-state index contributed by atoms with van der Waals surface area (Å²) in [5.74, 6) is 0.00349. The normalized spacial score (nSPS) is 17.5. The lowest BCUT2D eigenvalue weighted by molar-refractivity contribution is -0.133. The molecule has 0 bridgehead atoms. The van der Waals surface area contributed by atoms with Crippen LogP contribution in [-0.4, -0.2) is 47.9 Å². The third-order valence-corrected chi connectivity index (χ3v) is 4.22. The number of carbonyl (C=O) groups is 1. The van der Waals surface area contributed by atoms with Crippen LogP contribution < -0.4 is 5.73 Å². The molecule has 1 aromatic carbocycles. The topological polar surface area (TPSA) is 49.6 Å².